The molecule has 0 radical (unpaired) electrons. The number of hydrogen-bond acceptors (Lipinski definition) is 1. The minimum Gasteiger partial charge on any atom is -0.161 e. The molecule has 2 nitrogen and oxygen atoms in total. The fourth-order valence-electron chi connectivity index (χ4n) is 1.38. The van der Waals surface area contributed by atoms with E-state index in [2.05, 4.69) is 6.92 Å². The molecule has 0 aliphatic carbocycles. The van der Waals surface area contributed by atoms with Gasteiger partial charge in [0.2, 0.25) is 0 Å². The summed E-state index contributed by atoms with van der Waals surface area (Å²) in [4.78, 5) is 8.53. The van der Waals surface area contributed by atoms with Crippen LogP contribution in [0.3, 0.4) is 0 Å². The summed E-state index contributed by atoms with van der Waals surface area (Å²) in [5.74, 6) is 0. The molecule has 0 amide bonds. The Kier molecular flexibility index (Phi) is 16.4. The summed E-state index contributed by atoms with van der Waals surface area (Å²) in [6.07, 6.45) is 10.4. The van der Waals surface area contributed by atoms with E-state index in [0.29, 0.717) is 6.16 Å². The normalized spacial score (nSPS) is 10.9. The minimum absolute atomic E-state index is 0. The number of hydrogen-bond donors (Lipinski definition) is 1. The van der Waals surface area contributed by atoms with E-state index in [1.807, 2.05) is 0 Å². The summed E-state index contributed by atoms with van der Waals surface area (Å²) < 4.78 is 10.3. The first kappa shape index (κ1) is 17.0. The van der Waals surface area contributed by atoms with Crippen LogP contribution in [0.1, 0.15) is 58.3 Å². The van der Waals surface area contributed by atoms with E-state index in [1.165, 1.54) is 38.5 Å². The van der Waals surface area contributed by atoms with E-state index in [4.69, 9.17) is 4.89 Å². The third-order valence-electron chi connectivity index (χ3n) is 2.20. The van der Waals surface area contributed by atoms with Crippen molar-refractivity contribution >= 4 is 8.03 Å². The maximum atomic E-state index is 10.3. The molecule has 0 bridgehead atoms. The maximum Gasteiger partial charge on any atom is 0.505 e. The first-order valence-electron chi connectivity index (χ1n) is 5.41. The van der Waals surface area contributed by atoms with Crippen LogP contribution in [0.5, 0.6) is 0 Å². The standard InChI is InChI=1S/C10H21O2P.Ni/c1-2-3-4-5-6-7-8-9-10-13(11)12;/h2-10H2,1H3;/p+1. The zero-order valence-electron chi connectivity index (χ0n) is 8.98. The molecule has 1 atom stereocenters. The fraction of sp³-hybridized carbons (Fsp3) is 1.00. The van der Waals surface area contributed by atoms with E-state index < -0.39 is 8.03 Å². The van der Waals surface area contributed by atoms with E-state index in [1.54, 1.807) is 0 Å². The molecular formula is C10H22NiO2P+. The Morgan fingerprint density at radius 1 is 0.929 bits per heavy atom. The summed E-state index contributed by atoms with van der Waals surface area (Å²) in [7, 11) is -1.88. The molecule has 0 aliphatic heterocycles. The number of rotatable bonds is 9. The van der Waals surface area contributed by atoms with E-state index in [0.717, 1.165) is 12.8 Å². The van der Waals surface area contributed by atoms with Crippen molar-refractivity contribution in [2.45, 2.75) is 58.3 Å². The summed E-state index contributed by atoms with van der Waals surface area (Å²) >= 11 is 0. The van der Waals surface area contributed by atoms with Crippen molar-refractivity contribution in [3.8, 4) is 0 Å². The van der Waals surface area contributed by atoms with Gasteiger partial charge in [-0.05, 0) is 17.4 Å². The largest absolute Gasteiger partial charge is 0.505 e. The second kappa shape index (κ2) is 13.6. The van der Waals surface area contributed by atoms with Crippen molar-refractivity contribution in [1.82, 2.24) is 0 Å². The van der Waals surface area contributed by atoms with Crippen molar-refractivity contribution in [2.75, 3.05) is 6.16 Å². The minimum atomic E-state index is -1.88. The molecule has 0 fully saturated rings. The molecular weight excluding hydrogens is 242 g/mol. The SMILES string of the molecule is CCCCCCCCCC[P+](=O)O.[Ni]. The van der Waals surface area contributed by atoms with Crippen molar-refractivity contribution in [3.05, 3.63) is 0 Å². The van der Waals surface area contributed by atoms with Crippen LogP contribution in [0, 0.1) is 0 Å². The molecule has 0 aromatic rings. The Morgan fingerprint density at radius 3 is 1.79 bits per heavy atom. The molecule has 1 N–H and O–H groups in total. The molecule has 0 aliphatic rings. The molecule has 0 saturated carbocycles. The van der Waals surface area contributed by atoms with E-state index in [9.17, 15) is 4.57 Å². The van der Waals surface area contributed by atoms with Crippen molar-refractivity contribution in [3.63, 3.8) is 0 Å². The van der Waals surface area contributed by atoms with E-state index in [-0.39, 0.29) is 16.5 Å². The number of unbranched alkanes of at least 4 members (excludes halogenated alkanes) is 7. The first-order chi connectivity index (χ1) is 6.27. The van der Waals surface area contributed by atoms with Crippen LogP contribution in [0.25, 0.3) is 0 Å². The van der Waals surface area contributed by atoms with Gasteiger partial charge >= 0.3 is 8.03 Å². The van der Waals surface area contributed by atoms with Crippen LogP contribution in [-0.4, -0.2) is 11.1 Å². The summed E-state index contributed by atoms with van der Waals surface area (Å²) in [5.41, 5.74) is 0. The molecule has 88 valence electrons. The zero-order chi connectivity index (χ0) is 9.94. The Balaban J connectivity index is 0. The van der Waals surface area contributed by atoms with Gasteiger partial charge in [-0.15, -0.1) is 0 Å². The van der Waals surface area contributed by atoms with Crippen LogP contribution in [-0.2, 0) is 21.1 Å². The third kappa shape index (κ3) is 15.0. The van der Waals surface area contributed by atoms with Gasteiger partial charge in [0.05, 0.1) is 0 Å². The Hall–Kier alpha value is 0.554. The third-order valence-corrected chi connectivity index (χ3v) is 2.90. The fourth-order valence-corrected chi connectivity index (χ4v) is 1.88. The Bertz CT molecular complexity index is 131. The molecule has 14 heavy (non-hydrogen) atoms. The van der Waals surface area contributed by atoms with Gasteiger partial charge in [0.15, 0.2) is 6.16 Å². The van der Waals surface area contributed by atoms with Crippen LogP contribution >= 0.6 is 8.03 Å². The molecule has 0 rings (SSSR count). The van der Waals surface area contributed by atoms with Crippen LogP contribution in [0.15, 0.2) is 0 Å². The quantitative estimate of drug-likeness (QED) is 0.390. The topological polar surface area (TPSA) is 37.3 Å². The van der Waals surface area contributed by atoms with Crippen LogP contribution < -0.4 is 0 Å². The van der Waals surface area contributed by atoms with Gasteiger partial charge in [-0.3, -0.25) is 0 Å². The predicted octanol–water partition coefficient (Wildman–Crippen LogP) is 3.86. The van der Waals surface area contributed by atoms with Gasteiger partial charge in [-0.2, -0.15) is 4.89 Å². The van der Waals surface area contributed by atoms with Gasteiger partial charge in [-0.25, -0.2) is 0 Å². The molecule has 0 spiro atoms. The smallest absolute Gasteiger partial charge is 0.161 e. The van der Waals surface area contributed by atoms with E-state index >= 15 is 0 Å². The van der Waals surface area contributed by atoms with Crippen molar-refractivity contribution < 1.29 is 25.9 Å². The van der Waals surface area contributed by atoms with Gasteiger partial charge in [-0.1, -0.05) is 45.4 Å². The Morgan fingerprint density at radius 2 is 1.36 bits per heavy atom. The molecule has 0 saturated heterocycles. The van der Waals surface area contributed by atoms with Crippen LogP contribution in [0.2, 0.25) is 0 Å². The maximum absolute atomic E-state index is 10.3. The van der Waals surface area contributed by atoms with Crippen LogP contribution in [0.4, 0.5) is 0 Å². The molecule has 0 aromatic heterocycles. The first-order valence-corrected chi connectivity index (χ1v) is 6.80. The summed E-state index contributed by atoms with van der Waals surface area (Å²) in [6, 6.07) is 0. The zero-order valence-corrected chi connectivity index (χ0v) is 10.9. The molecule has 0 aromatic carbocycles. The average Bonchev–Trinajstić information content (AvgIpc) is 2.09. The van der Waals surface area contributed by atoms with Crippen molar-refractivity contribution in [2.24, 2.45) is 0 Å². The second-order valence-electron chi connectivity index (χ2n) is 3.55. The van der Waals surface area contributed by atoms with Gasteiger partial charge in [0.1, 0.15) is 0 Å². The second-order valence-corrected chi connectivity index (χ2v) is 4.70. The Labute approximate surface area is 98.7 Å². The van der Waals surface area contributed by atoms with Gasteiger partial charge in [0, 0.05) is 16.5 Å². The van der Waals surface area contributed by atoms with Gasteiger partial charge < -0.3 is 0 Å². The monoisotopic (exact) mass is 263 g/mol. The van der Waals surface area contributed by atoms with Gasteiger partial charge in [0.25, 0.3) is 0 Å². The molecule has 1 unspecified atom stereocenters. The summed E-state index contributed by atoms with van der Waals surface area (Å²) in [6.45, 7) is 2.22. The molecule has 0 heterocycles. The summed E-state index contributed by atoms with van der Waals surface area (Å²) in [5, 5.41) is 0. The predicted molar refractivity (Wildman–Crippen MR) is 57.3 cm³/mol. The van der Waals surface area contributed by atoms with Crippen molar-refractivity contribution in [1.29, 1.82) is 0 Å². The molecule has 4 heteroatoms. The average molecular weight is 264 g/mol.